The van der Waals surface area contributed by atoms with Crippen LogP contribution >= 0.6 is 0 Å². The molecule has 0 fully saturated rings. The minimum absolute atomic E-state index is 0.0456. The second-order valence-electron chi connectivity index (χ2n) is 4.41. The van der Waals surface area contributed by atoms with Crippen molar-refractivity contribution in [2.24, 2.45) is 5.73 Å². The Balaban J connectivity index is 2.42. The Morgan fingerprint density at radius 2 is 2.22 bits per heavy atom. The van der Waals surface area contributed by atoms with Gasteiger partial charge in [-0.1, -0.05) is 6.92 Å². The lowest BCUT2D eigenvalue weighted by molar-refractivity contribution is 0.240. The molecule has 5 nitrogen and oxygen atoms in total. The Kier molecular flexibility index (Phi) is 3.61. The molecule has 0 bridgehead atoms. The molecule has 6 heteroatoms. The van der Waals surface area contributed by atoms with Crippen molar-refractivity contribution in [3.63, 3.8) is 0 Å². The van der Waals surface area contributed by atoms with Crippen molar-refractivity contribution in [3.05, 3.63) is 23.3 Å². The van der Waals surface area contributed by atoms with Gasteiger partial charge < -0.3 is 10.5 Å². The molecule has 0 saturated heterocycles. The van der Waals surface area contributed by atoms with Gasteiger partial charge in [-0.05, 0) is 30.2 Å². The summed E-state index contributed by atoms with van der Waals surface area (Å²) in [6.45, 7) is 4.41. The molecule has 1 aliphatic rings. The molecule has 0 aliphatic carbocycles. The van der Waals surface area contributed by atoms with Gasteiger partial charge in [0.2, 0.25) is 10.0 Å². The van der Waals surface area contributed by atoms with E-state index in [0.29, 0.717) is 24.4 Å². The lowest BCUT2D eigenvalue weighted by Gasteiger charge is -2.10. The van der Waals surface area contributed by atoms with Crippen LogP contribution in [0.3, 0.4) is 0 Å². The number of sulfonamides is 1. The van der Waals surface area contributed by atoms with Crippen LogP contribution in [-0.2, 0) is 16.4 Å². The zero-order chi connectivity index (χ0) is 13.3. The number of ether oxygens (including phenoxy) is 1. The second kappa shape index (κ2) is 4.87. The third kappa shape index (κ3) is 2.36. The van der Waals surface area contributed by atoms with E-state index in [1.165, 1.54) is 0 Å². The van der Waals surface area contributed by atoms with E-state index in [-0.39, 0.29) is 6.10 Å². The summed E-state index contributed by atoms with van der Waals surface area (Å²) in [5.41, 5.74) is 7.33. The molecule has 0 spiro atoms. The minimum Gasteiger partial charge on any atom is -0.488 e. The lowest BCUT2D eigenvalue weighted by Crippen LogP contribution is -2.24. The molecule has 100 valence electrons. The average Bonchev–Trinajstić information content (AvgIpc) is 2.72. The third-order valence-corrected chi connectivity index (χ3v) is 4.49. The Morgan fingerprint density at radius 3 is 2.83 bits per heavy atom. The van der Waals surface area contributed by atoms with Crippen molar-refractivity contribution >= 4 is 10.0 Å². The van der Waals surface area contributed by atoms with E-state index in [4.69, 9.17) is 10.5 Å². The third-order valence-electron chi connectivity index (χ3n) is 2.96. The fourth-order valence-corrected chi connectivity index (χ4v) is 3.32. The summed E-state index contributed by atoms with van der Waals surface area (Å²) in [7, 11) is -3.42. The first kappa shape index (κ1) is 13.3. The topological polar surface area (TPSA) is 81.4 Å². The Labute approximate surface area is 107 Å². The monoisotopic (exact) mass is 270 g/mol. The largest absolute Gasteiger partial charge is 0.488 e. The number of aryl methyl sites for hydroxylation is 1. The predicted molar refractivity (Wildman–Crippen MR) is 69.2 cm³/mol. The van der Waals surface area contributed by atoms with Crippen molar-refractivity contribution in [3.8, 4) is 5.75 Å². The summed E-state index contributed by atoms with van der Waals surface area (Å²) in [5.74, 6) is 0.779. The number of hydrogen-bond donors (Lipinski definition) is 2. The maximum absolute atomic E-state index is 12.0. The van der Waals surface area contributed by atoms with Gasteiger partial charge in [0.05, 0.1) is 4.90 Å². The van der Waals surface area contributed by atoms with Gasteiger partial charge in [0, 0.05) is 19.5 Å². The van der Waals surface area contributed by atoms with E-state index >= 15 is 0 Å². The lowest BCUT2D eigenvalue weighted by atomic mass is 10.1. The predicted octanol–water partition coefficient (Wildman–Crippen LogP) is 0.555. The van der Waals surface area contributed by atoms with Gasteiger partial charge in [-0.25, -0.2) is 13.1 Å². The maximum Gasteiger partial charge on any atom is 0.240 e. The highest BCUT2D eigenvalue weighted by molar-refractivity contribution is 7.89. The molecule has 3 N–H and O–H groups in total. The van der Waals surface area contributed by atoms with Gasteiger partial charge in [0.25, 0.3) is 0 Å². The molecule has 1 aromatic carbocycles. The molecule has 2 rings (SSSR count). The highest BCUT2D eigenvalue weighted by Gasteiger charge is 2.26. The second-order valence-corrected chi connectivity index (χ2v) is 6.18. The summed E-state index contributed by atoms with van der Waals surface area (Å²) in [6.07, 6.45) is 0.623. The standard InChI is InChI=1S/C12H18N2O3S/c1-3-14-18(15,16)11-4-8(2)12-9(6-11)5-10(7-13)17-12/h4,6,10,14H,3,5,7,13H2,1-2H3. The van der Waals surface area contributed by atoms with Crippen molar-refractivity contribution in [2.45, 2.75) is 31.3 Å². The average molecular weight is 270 g/mol. The number of hydrogen-bond acceptors (Lipinski definition) is 4. The van der Waals surface area contributed by atoms with Crippen LogP contribution in [-0.4, -0.2) is 27.6 Å². The van der Waals surface area contributed by atoms with Crippen LogP contribution in [0.1, 0.15) is 18.1 Å². The zero-order valence-electron chi connectivity index (χ0n) is 10.6. The highest BCUT2D eigenvalue weighted by atomic mass is 32.2. The molecule has 0 aromatic heterocycles. The fraction of sp³-hybridized carbons (Fsp3) is 0.500. The number of benzene rings is 1. The summed E-state index contributed by atoms with van der Waals surface area (Å²) >= 11 is 0. The Bertz CT molecular complexity index is 555. The van der Waals surface area contributed by atoms with E-state index < -0.39 is 10.0 Å². The van der Waals surface area contributed by atoms with Crippen LogP contribution in [0.4, 0.5) is 0 Å². The molecule has 1 aromatic rings. The quantitative estimate of drug-likeness (QED) is 0.837. The molecular weight excluding hydrogens is 252 g/mol. The number of rotatable bonds is 4. The van der Waals surface area contributed by atoms with E-state index in [2.05, 4.69) is 4.72 Å². The van der Waals surface area contributed by atoms with Crippen molar-refractivity contribution < 1.29 is 13.2 Å². The maximum atomic E-state index is 12.0. The highest BCUT2D eigenvalue weighted by Crippen LogP contribution is 2.34. The van der Waals surface area contributed by atoms with Gasteiger partial charge in [-0.3, -0.25) is 0 Å². The van der Waals surface area contributed by atoms with E-state index in [1.54, 1.807) is 19.1 Å². The van der Waals surface area contributed by atoms with E-state index in [0.717, 1.165) is 16.9 Å². The fourth-order valence-electron chi connectivity index (χ4n) is 2.14. The molecule has 1 atom stereocenters. The molecule has 1 unspecified atom stereocenters. The van der Waals surface area contributed by atoms with Crippen molar-refractivity contribution in [1.82, 2.24) is 4.72 Å². The first-order chi connectivity index (χ1) is 8.47. The summed E-state index contributed by atoms with van der Waals surface area (Å²) in [4.78, 5) is 0.293. The summed E-state index contributed by atoms with van der Waals surface area (Å²) in [5, 5.41) is 0. The van der Waals surface area contributed by atoms with Gasteiger partial charge in [0.1, 0.15) is 11.9 Å². The smallest absolute Gasteiger partial charge is 0.240 e. The van der Waals surface area contributed by atoms with E-state index in [9.17, 15) is 8.42 Å². The van der Waals surface area contributed by atoms with Crippen LogP contribution in [0.2, 0.25) is 0 Å². The molecule has 1 heterocycles. The summed E-state index contributed by atoms with van der Waals surface area (Å²) < 4.78 is 32.1. The van der Waals surface area contributed by atoms with Crippen LogP contribution in [0.25, 0.3) is 0 Å². The van der Waals surface area contributed by atoms with Crippen LogP contribution in [0.5, 0.6) is 5.75 Å². The molecule has 0 radical (unpaired) electrons. The van der Waals surface area contributed by atoms with Crippen molar-refractivity contribution in [2.75, 3.05) is 13.1 Å². The first-order valence-corrected chi connectivity index (χ1v) is 7.46. The minimum atomic E-state index is -3.42. The van der Waals surface area contributed by atoms with Gasteiger partial charge in [-0.2, -0.15) is 0 Å². The molecule has 1 aliphatic heterocycles. The van der Waals surface area contributed by atoms with Crippen molar-refractivity contribution in [1.29, 1.82) is 0 Å². The Hall–Kier alpha value is -1.11. The van der Waals surface area contributed by atoms with Crippen LogP contribution in [0, 0.1) is 6.92 Å². The first-order valence-electron chi connectivity index (χ1n) is 5.98. The molecule has 0 amide bonds. The molecular formula is C12H18N2O3S. The number of fused-ring (bicyclic) bond motifs is 1. The Morgan fingerprint density at radius 1 is 1.50 bits per heavy atom. The normalized spacial score (nSPS) is 18.5. The van der Waals surface area contributed by atoms with Gasteiger partial charge in [-0.15, -0.1) is 0 Å². The van der Waals surface area contributed by atoms with E-state index in [1.807, 2.05) is 6.92 Å². The van der Waals surface area contributed by atoms with Gasteiger partial charge in [0.15, 0.2) is 0 Å². The SMILES string of the molecule is CCNS(=O)(=O)c1cc(C)c2c(c1)CC(CN)O2. The zero-order valence-corrected chi connectivity index (χ0v) is 11.4. The van der Waals surface area contributed by atoms with Crippen LogP contribution < -0.4 is 15.2 Å². The number of nitrogens with one attached hydrogen (secondary N) is 1. The van der Waals surface area contributed by atoms with Crippen LogP contribution in [0.15, 0.2) is 17.0 Å². The summed E-state index contributed by atoms with van der Waals surface area (Å²) in [6, 6.07) is 3.31. The van der Waals surface area contributed by atoms with Gasteiger partial charge >= 0.3 is 0 Å². The molecule has 0 saturated carbocycles. The molecule has 18 heavy (non-hydrogen) atoms. The number of nitrogens with two attached hydrogens (primary N) is 1.